The largest absolute Gasteiger partial charge is 0.383 e. The summed E-state index contributed by atoms with van der Waals surface area (Å²) in [6.45, 7) is 4.53. The maximum Gasteiger partial charge on any atom is 0.383 e. The summed E-state index contributed by atoms with van der Waals surface area (Å²) in [4.78, 5) is 10.5. The van der Waals surface area contributed by atoms with Gasteiger partial charge in [0.2, 0.25) is 0 Å². The van der Waals surface area contributed by atoms with E-state index in [0.717, 1.165) is 6.08 Å². The van der Waals surface area contributed by atoms with Crippen LogP contribution in [0.1, 0.15) is 6.92 Å². The molecular weight excluding hydrogens is 190 g/mol. The molecule has 1 N–H and O–H groups in total. The molecule has 0 radical (unpaired) electrons. The number of amides is 1. The van der Waals surface area contributed by atoms with E-state index in [2.05, 4.69) is 6.58 Å². The molecule has 0 aliphatic carbocycles. The summed E-state index contributed by atoms with van der Waals surface area (Å²) in [5.74, 6) is -6.63. The third-order valence-corrected chi connectivity index (χ3v) is 1.29. The number of carbonyl (C=O) groups excluding carboxylic acids is 1. The van der Waals surface area contributed by atoms with Crippen molar-refractivity contribution >= 4 is 5.91 Å². The Bertz CT molecular complexity index is 205. The highest BCUT2D eigenvalue weighted by Crippen LogP contribution is 2.22. The molecule has 2 nitrogen and oxygen atoms in total. The zero-order valence-corrected chi connectivity index (χ0v) is 6.86. The molecule has 1 atom stereocenters. The molecule has 0 saturated carbocycles. The molecule has 0 bridgehead atoms. The first kappa shape index (κ1) is 11.9. The zero-order chi connectivity index (χ0) is 10.6. The molecule has 0 heterocycles. The van der Waals surface area contributed by atoms with Crippen molar-refractivity contribution in [3.63, 3.8) is 0 Å². The number of carbonyl (C=O) groups is 1. The molecule has 0 aliphatic heterocycles. The van der Waals surface area contributed by atoms with Crippen molar-refractivity contribution in [1.29, 1.82) is 0 Å². The summed E-state index contributed by atoms with van der Waals surface area (Å²) in [5, 5.41) is 1.66. The first-order valence-corrected chi connectivity index (χ1v) is 3.41. The Balaban J connectivity index is 4.33. The Kier molecular flexibility index (Phi) is 3.90. The van der Waals surface area contributed by atoms with Gasteiger partial charge >= 0.3 is 12.3 Å². The molecule has 1 amide bonds. The van der Waals surface area contributed by atoms with Crippen molar-refractivity contribution in [1.82, 2.24) is 5.32 Å². The second-order valence-corrected chi connectivity index (χ2v) is 2.42. The Morgan fingerprint density at radius 3 is 2.31 bits per heavy atom. The quantitative estimate of drug-likeness (QED) is 0.540. The molecule has 0 saturated heterocycles. The fourth-order valence-electron chi connectivity index (χ4n) is 0.461. The summed E-state index contributed by atoms with van der Waals surface area (Å²) in [6.07, 6.45) is -2.84. The minimum absolute atomic E-state index is 0.767. The molecule has 0 aromatic heterocycles. The Morgan fingerprint density at radius 1 is 1.54 bits per heavy atom. The second-order valence-electron chi connectivity index (χ2n) is 2.42. The van der Waals surface area contributed by atoms with E-state index < -0.39 is 24.3 Å². The second kappa shape index (κ2) is 4.25. The molecule has 0 spiro atoms. The standard InChI is InChI=1S/C7H9F4NO/c1-3-4(2)12-6(13)7(10,11)5(8)9/h3-5H,1H2,2H3,(H,12,13). The van der Waals surface area contributed by atoms with Crippen LogP contribution in [-0.4, -0.2) is 24.3 Å². The number of rotatable bonds is 4. The van der Waals surface area contributed by atoms with E-state index in [0.29, 0.717) is 0 Å². The van der Waals surface area contributed by atoms with Crippen LogP contribution >= 0.6 is 0 Å². The van der Waals surface area contributed by atoms with Crippen molar-refractivity contribution in [2.24, 2.45) is 0 Å². The predicted molar refractivity (Wildman–Crippen MR) is 38.8 cm³/mol. The summed E-state index contributed by atoms with van der Waals surface area (Å²) in [5.41, 5.74) is 0. The zero-order valence-electron chi connectivity index (χ0n) is 6.86. The third kappa shape index (κ3) is 3.04. The lowest BCUT2D eigenvalue weighted by Gasteiger charge is -2.16. The summed E-state index contributed by atoms with van der Waals surface area (Å²) in [7, 11) is 0. The van der Waals surface area contributed by atoms with E-state index in [4.69, 9.17) is 0 Å². The van der Waals surface area contributed by atoms with E-state index in [1.165, 1.54) is 6.92 Å². The SMILES string of the molecule is C=CC(C)NC(=O)C(F)(F)C(F)F. The Hall–Kier alpha value is -1.07. The van der Waals surface area contributed by atoms with Crippen molar-refractivity contribution in [3.05, 3.63) is 12.7 Å². The van der Waals surface area contributed by atoms with Gasteiger partial charge in [-0.3, -0.25) is 4.79 Å². The van der Waals surface area contributed by atoms with Gasteiger partial charge in [0.05, 0.1) is 0 Å². The maximum atomic E-state index is 12.2. The van der Waals surface area contributed by atoms with Gasteiger partial charge in [-0.25, -0.2) is 8.78 Å². The number of alkyl halides is 4. The van der Waals surface area contributed by atoms with E-state index in [9.17, 15) is 22.4 Å². The summed E-state index contributed by atoms with van der Waals surface area (Å²) >= 11 is 0. The van der Waals surface area contributed by atoms with Crippen molar-refractivity contribution in [2.45, 2.75) is 25.3 Å². The fraction of sp³-hybridized carbons (Fsp3) is 0.571. The molecule has 0 aromatic rings. The van der Waals surface area contributed by atoms with Gasteiger partial charge in [-0.2, -0.15) is 8.78 Å². The van der Waals surface area contributed by atoms with Crippen LogP contribution in [0, 0.1) is 0 Å². The van der Waals surface area contributed by atoms with Crippen LogP contribution in [0.5, 0.6) is 0 Å². The average molecular weight is 199 g/mol. The first-order valence-electron chi connectivity index (χ1n) is 3.41. The van der Waals surface area contributed by atoms with Gasteiger partial charge in [-0.15, -0.1) is 6.58 Å². The van der Waals surface area contributed by atoms with Crippen LogP contribution in [0.2, 0.25) is 0 Å². The Morgan fingerprint density at radius 2 is 2.00 bits per heavy atom. The lowest BCUT2D eigenvalue weighted by atomic mass is 10.2. The van der Waals surface area contributed by atoms with Gasteiger partial charge in [0.1, 0.15) is 0 Å². The van der Waals surface area contributed by atoms with Crippen LogP contribution in [0.4, 0.5) is 17.6 Å². The molecule has 76 valence electrons. The number of nitrogens with one attached hydrogen (secondary N) is 1. The summed E-state index contributed by atoms with van der Waals surface area (Å²) < 4.78 is 47.6. The fourth-order valence-corrected chi connectivity index (χ4v) is 0.461. The number of hydrogen-bond acceptors (Lipinski definition) is 1. The predicted octanol–water partition coefficient (Wildman–Crippen LogP) is 1.58. The number of hydrogen-bond donors (Lipinski definition) is 1. The van der Waals surface area contributed by atoms with Crippen molar-refractivity contribution in [3.8, 4) is 0 Å². The van der Waals surface area contributed by atoms with E-state index in [1.807, 2.05) is 0 Å². The van der Waals surface area contributed by atoms with Crippen LogP contribution < -0.4 is 5.32 Å². The molecule has 0 aliphatic rings. The third-order valence-electron chi connectivity index (χ3n) is 1.29. The van der Waals surface area contributed by atoms with Crippen LogP contribution in [0.3, 0.4) is 0 Å². The molecule has 13 heavy (non-hydrogen) atoms. The molecule has 0 rings (SSSR count). The molecular formula is C7H9F4NO. The first-order chi connectivity index (χ1) is 5.82. The van der Waals surface area contributed by atoms with Gasteiger partial charge in [0.25, 0.3) is 5.91 Å². The highest BCUT2D eigenvalue weighted by atomic mass is 19.3. The van der Waals surface area contributed by atoms with E-state index >= 15 is 0 Å². The Labute approximate surface area is 72.6 Å². The van der Waals surface area contributed by atoms with Crippen LogP contribution in [0.15, 0.2) is 12.7 Å². The smallest absolute Gasteiger partial charge is 0.345 e. The van der Waals surface area contributed by atoms with Gasteiger partial charge in [-0.1, -0.05) is 6.08 Å². The van der Waals surface area contributed by atoms with Crippen molar-refractivity contribution in [2.75, 3.05) is 0 Å². The normalized spacial score (nSPS) is 14.0. The lowest BCUT2D eigenvalue weighted by molar-refractivity contribution is -0.169. The molecule has 6 heteroatoms. The minimum atomic E-state index is -4.64. The highest BCUT2D eigenvalue weighted by Gasteiger charge is 2.48. The van der Waals surface area contributed by atoms with Gasteiger partial charge < -0.3 is 5.32 Å². The van der Waals surface area contributed by atoms with Gasteiger partial charge in [0, 0.05) is 6.04 Å². The average Bonchev–Trinajstić information content (AvgIpc) is 2.03. The minimum Gasteiger partial charge on any atom is -0.345 e. The van der Waals surface area contributed by atoms with Gasteiger partial charge in [0.15, 0.2) is 0 Å². The number of halogens is 4. The lowest BCUT2D eigenvalue weighted by Crippen LogP contribution is -2.47. The molecule has 0 aromatic carbocycles. The van der Waals surface area contributed by atoms with Crippen molar-refractivity contribution < 1.29 is 22.4 Å². The highest BCUT2D eigenvalue weighted by molar-refractivity contribution is 5.84. The van der Waals surface area contributed by atoms with E-state index in [-0.39, 0.29) is 0 Å². The molecule has 0 fully saturated rings. The topological polar surface area (TPSA) is 29.1 Å². The molecule has 1 unspecified atom stereocenters. The maximum absolute atomic E-state index is 12.2. The van der Waals surface area contributed by atoms with Crippen LogP contribution in [-0.2, 0) is 4.79 Å². The van der Waals surface area contributed by atoms with Crippen LogP contribution in [0.25, 0.3) is 0 Å². The van der Waals surface area contributed by atoms with E-state index in [1.54, 1.807) is 5.32 Å². The van der Waals surface area contributed by atoms with Gasteiger partial charge in [-0.05, 0) is 6.92 Å². The monoisotopic (exact) mass is 199 g/mol. The summed E-state index contributed by atoms with van der Waals surface area (Å²) in [6, 6.07) is -0.767.